The fourth-order valence-electron chi connectivity index (χ4n) is 4.57. The molecule has 1 saturated carbocycles. The number of aryl methyl sites for hydroxylation is 3. The van der Waals surface area contributed by atoms with E-state index < -0.39 is 0 Å². The lowest BCUT2D eigenvalue weighted by atomic mass is 9.97. The van der Waals surface area contributed by atoms with E-state index in [0.717, 1.165) is 40.1 Å². The van der Waals surface area contributed by atoms with Crippen LogP contribution in [-0.4, -0.2) is 23.8 Å². The maximum Gasteiger partial charge on any atom is 0.327 e. The van der Waals surface area contributed by atoms with Gasteiger partial charge in [-0.15, -0.1) is 0 Å². The number of fused-ring (bicyclic) bond motifs is 3. The first kappa shape index (κ1) is 19.7. The number of methoxy groups -OCH3 is 2. The first-order valence-electron chi connectivity index (χ1n) is 10.7. The predicted molar refractivity (Wildman–Crippen MR) is 120 cm³/mol. The SMILES string of the molecule is COc1cc2c(cc1OC)-c1c/c(=N\c3c(C)cc(C4CC4)cc3C)[nH]c(=O)n1CC2. The van der Waals surface area contributed by atoms with Gasteiger partial charge in [-0.2, -0.15) is 0 Å². The Morgan fingerprint density at radius 3 is 2.32 bits per heavy atom. The zero-order valence-electron chi connectivity index (χ0n) is 18.4. The summed E-state index contributed by atoms with van der Waals surface area (Å²) in [5, 5.41) is 0. The molecule has 1 aliphatic heterocycles. The molecule has 5 rings (SSSR count). The molecule has 6 heteroatoms. The average Bonchev–Trinajstić information content (AvgIpc) is 3.60. The number of rotatable bonds is 4. The average molecular weight is 418 g/mol. The Morgan fingerprint density at radius 2 is 1.68 bits per heavy atom. The van der Waals surface area contributed by atoms with Gasteiger partial charge >= 0.3 is 5.69 Å². The third kappa shape index (κ3) is 3.46. The van der Waals surface area contributed by atoms with Gasteiger partial charge in [0.25, 0.3) is 0 Å². The van der Waals surface area contributed by atoms with E-state index in [-0.39, 0.29) is 5.69 Å². The number of aromatic amines is 1. The Labute approximate surface area is 181 Å². The molecule has 6 nitrogen and oxygen atoms in total. The van der Waals surface area contributed by atoms with Gasteiger partial charge in [0.2, 0.25) is 0 Å². The third-order valence-electron chi connectivity index (χ3n) is 6.33. The summed E-state index contributed by atoms with van der Waals surface area (Å²) in [5.41, 5.74) is 7.96. The molecule has 3 aromatic rings. The first-order valence-corrected chi connectivity index (χ1v) is 10.7. The lowest BCUT2D eigenvalue weighted by Gasteiger charge is -2.23. The second kappa shape index (κ2) is 7.45. The van der Waals surface area contributed by atoms with E-state index in [0.29, 0.717) is 29.4 Å². The van der Waals surface area contributed by atoms with E-state index >= 15 is 0 Å². The minimum Gasteiger partial charge on any atom is -0.493 e. The molecule has 0 unspecified atom stereocenters. The van der Waals surface area contributed by atoms with Crippen LogP contribution in [0, 0.1) is 13.8 Å². The van der Waals surface area contributed by atoms with Crippen LogP contribution >= 0.6 is 0 Å². The van der Waals surface area contributed by atoms with Crippen LogP contribution in [0.2, 0.25) is 0 Å². The Hall–Kier alpha value is -3.28. The highest BCUT2D eigenvalue weighted by atomic mass is 16.5. The van der Waals surface area contributed by atoms with E-state index in [9.17, 15) is 4.79 Å². The van der Waals surface area contributed by atoms with Crippen molar-refractivity contribution in [3.63, 3.8) is 0 Å². The minimum absolute atomic E-state index is 0.151. The number of H-pyrrole nitrogens is 1. The molecule has 0 atom stereocenters. The molecule has 2 aromatic carbocycles. The molecule has 1 aliphatic carbocycles. The van der Waals surface area contributed by atoms with Gasteiger partial charge in [0.1, 0.15) is 5.49 Å². The molecule has 0 saturated heterocycles. The van der Waals surface area contributed by atoms with Crippen molar-refractivity contribution in [3.8, 4) is 22.8 Å². The van der Waals surface area contributed by atoms with Gasteiger partial charge in [0.05, 0.1) is 25.6 Å². The summed E-state index contributed by atoms with van der Waals surface area (Å²) in [6.45, 7) is 4.80. The van der Waals surface area contributed by atoms with Crippen LogP contribution < -0.4 is 20.7 Å². The number of nitrogens with one attached hydrogen (secondary N) is 1. The van der Waals surface area contributed by atoms with E-state index in [1.807, 2.05) is 18.2 Å². The minimum atomic E-state index is -0.151. The molecule has 1 N–H and O–H groups in total. The number of benzene rings is 2. The first-order chi connectivity index (χ1) is 15.0. The fraction of sp³-hybridized carbons (Fsp3) is 0.360. The molecule has 0 bridgehead atoms. The standard InChI is InChI=1S/C25H27N3O3/c1-14-9-18(16-5-6-16)10-15(2)24(14)26-23-13-20-19-12-22(31-4)21(30-3)11-17(19)7-8-28(20)25(29)27-23/h9-13,16H,5-8H2,1-4H3,(H,26,27,29). The fourth-order valence-corrected chi connectivity index (χ4v) is 4.57. The summed E-state index contributed by atoms with van der Waals surface area (Å²) in [4.78, 5) is 20.7. The van der Waals surface area contributed by atoms with Crippen LogP contribution in [0.4, 0.5) is 5.69 Å². The van der Waals surface area contributed by atoms with Crippen LogP contribution in [0.25, 0.3) is 11.3 Å². The van der Waals surface area contributed by atoms with E-state index in [2.05, 4.69) is 31.0 Å². The molecule has 1 aromatic heterocycles. The van der Waals surface area contributed by atoms with Crippen molar-refractivity contribution in [1.29, 1.82) is 0 Å². The van der Waals surface area contributed by atoms with Crippen LogP contribution in [0.3, 0.4) is 0 Å². The molecule has 0 spiro atoms. The van der Waals surface area contributed by atoms with Crippen LogP contribution in [0.15, 0.2) is 40.1 Å². The van der Waals surface area contributed by atoms with Crippen molar-refractivity contribution in [2.24, 2.45) is 4.99 Å². The molecular weight excluding hydrogens is 390 g/mol. The Balaban J connectivity index is 1.67. The number of hydrogen-bond donors (Lipinski definition) is 1. The van der Waals surface area contributed by atoms with Crippen molar-refractivity contribution < 1.29 is 9.47 Å². The summed E-state index contributed by atoms with van der Waals surface area (Å²) in [5.74, 6) is 2.05. The van der Waals surface area contributed by atoms with Gasteiger partial charge in [0, 0.05) is 18.2 Å². The third-order valence-corrected chi connectivity index (χ3v) is 6.33. The highest BCUT2D eigenvalue weighted by Crippen LogP contribution is 2.42. The molecular formula is C25H27N3O3. The summed E-state index contributed by atoms with van der Waals surface area (Å²) in [7, 11) is 3.26. The largest absolute Gasteiger partial charge is 0.493 e. The predicted octanol–water partition coefficient (Wildman–Crippen LogP) is 4.14. The van der Waals surface area contributed by atoms with Gasteiger partial charge in [-0.05, 0) is 73.4 Å². The molecule has 160 valence electrons. The quantitative estimate of drug-likeness (QED) is 0.694. The lowest BCUT2D eigenvalue weighted by Crippen LogP contribution is -2.33. The Bertz CT molecular complexity index is 1290. The molecule has 0 amide bonds. The Morgan fingerprint density at radius 1 is 1.00 bits per heavy atom. The zero-order chi connectivity index (χ0) is 21.7. The summed E-state index contributed by atoms with van der Waals surface area (Å²) in [6.07, 6.45) is 3.31. The molecule has 1 fully saturated rings. The second-order valence-corrected chi connectivity index (χ2v) is 8.50. The molecule has 2 aliphatic rings. The maximum atomic E-state index is 12.9. The number of hydrogen-bond acceptors (Lipinski definition) is 4. The van der Waals surface area contributed by atoms with E-state index in [1.54, 1.807) is 18.8 Å². The van der Waals surface area contributed by atoms with Crippen molar-refractivity contribution in [3.05, 3.63) is 68.6 Å². The monoisotopic (exact) mass is 417 g/mol. The van der Waals surface area contributed by atoms with Crippen LogP contribution in [0.1, 0.15) is 41.0 Å². The van der Waals surface area contributed by atoms with Crippen molar-refractivity contribution >= 4 is 5.69 Å². The van der Waals surface area contributed by atoms with Gasteiger partial charge in [-0.3, -0.25) is 9.55 Å². The molecule has 2 heterocycles. The molecule has 0 radical (unpaired) electrons. The lowest BCUT2D eigenvalue weighted by molar-refractivity contribution is 0.354. The zero-order valence-corrected chi connectivity index (χ0v) is 18.4. The van der Waals surface area contributed by atoms with Gasteiger partial charge in [-0.1, -0.05) is 12.1 Å². The van der Waals surface area contributed by atoms with Crippen LogP contribution in [-0.2, 0) is 13.0 Å². The normalized spacial score (nSPS) is 15.4. The second-order valence-electron chi connectivity index (χ2n) is 8.50. The summed E-state index contributed by atoms with van der Waals surface area (Å²) in [6, 6.07) is 10.4. The van der Waals surface area contributed by atoms with Gasteiger partial charge in [0.15, 0.2) is 11.5 Å². The molecule has 31 heavy (non-hydrogen) atoms. The van der Waals surface area contributed by atoms with E-state index in [4.69, 9.17) is 14.5 Å². The number of aromatic nitrogens is 2. The topological polar surface area (TPSA) is 68.6 Å². The van der Waals surface area contributed by atoms with Crippen LogP contribution in [0.5, 0.6) is 11.5 Å². The van der Waals surface area contributed by atoms with Crippen molar-refractivity contribution in [2.75, 3.05) is 14.2 Å². The van der Waals surface area contributed by atoms with Crippen molar-refractivity contribution in [2.45, 2.75) is 45.6 Å². The van der Waals surface area contributed by atoms with Crippen molar-refractivity contribution in [1.82, 2.24) is 9.55 Å². The highest BCUT2D eigenvalue weighted by Gasteiger charge is 2.24. The summed E-state index contributed by atoms with van der Waals surface area (Å²) < 4.78 is 12.7. The van der Waals surface area contributed by atoms with Gasteiger partial charge in [-0.25, -0.2) is 9.79 Å². The number of ether oxygens (including phenoxy) is 2. The highest BCUT2D eigenvalue weighted by molar-refractivity contribution is 5.70. The maximum absolute atomic E-state index is 12.9. The van der Waals surface area contributed by atoms with Gasteiger partial charge < -0.3 is 9.47 Å². The summed E-state index contributed by atoms with van der Waals surface area (Å²) >= 11 is 0. The smallest absolute Gasteiger partial charge is 0.327 e. The Kier molecular flexibility index (Phi) is 4.73. The van der Waals surface area contributed by atoms with E-state index in [1.165, 1.54) is 18.4 Å². The number of nitrogens with zero attached hydrogens (tertiary/aromatic N) is 2.